The number of guanidine groups is 1. The average molecular weight is 495 g/mol. The molecule has 0 saturated carbocycles. The van der Waals surface area contributed by atoms with Crippen molar-refractivity contribution in [3.8, 4) is 0 Å². The highest BCUT2D eigenvalue weighted by molar-refractivity contribution is 14.0. The summed E-state index contributed by atoms with van der Waals surface area (Å²) in [5, 5.41) is 6.79. The van der Waals surface area contributed by atoms with E-state index in [9.17, 15) is 4.79 Å². The molecule has 158 valence electrons. The van der Waals surface area contributed by atoms with Crippen molar-refractivity contribution in [1.29, 1.82) is 0 Å². The van der Waals surface area contributed by atoms with Gasteiger partial charge in [0.1, 0.15) is 6.54 Å². The quantitative estimate of drug-likeness (QED) is 0.304. The molecule has 7 nitrogen and oxygen atoms in total. The minimum Gasteiger partial charge on any atom is -0.381 e. The molecule has 2 aliphatic heterocycles. The van der Waals surface area contributed by atoms with E-state index in [2.05, 4.69) is 27.4 Å². The van der Waals surface area contributed by atoms with Crippen LogP contribution in [0.2, 0.25) is 0 Å². The zero-order valence-corrected chi connectivity index (χ0v) is 19.5. The van der Waals surface area contributed by atoms with Crippen LogP contribution < -0.4 is 10.6 Å². The minimum atomic E-state index is 0. The number of amides is 1. The molecule has 0 aromatic heterocycles. The van der Waals surface area contributed by atoms with Gasteiger partial charge in [-0.3, -0.25) is 4.79 Å². The van der Waals surface area contributed by atoms with Gasteiger partial charge in [-0.2, -0.15) is 0 Å². The van der Waals surface area contributed by atoms with Crippen molar-refractivity contribution in [3.05, 3.63) is 0 Å². The summed E-state index contributed by atoms with van der Waals surface area (Å²) in [5.41, 5.74) is 0. The topological polar surface area (TPSA) is 69.2 Å². The van der Waals surface area contributed by atoms with E-state index in [-0.39, 0.29) is 36.4 Å². The normalized spacial score (nSPS) is 22.0. The molecule has 2 fully saturated rings. The molecule has 2 heterocycles. The monoisotopic (exact) mass is 495 g/mol. The number of likely N-dealkylation sites (N-methyl/N-ethyl adjacent to an activating group) is 1. The first kappa shape index (κ1) is 24.4. The number of carbonyl (C=O) groups excluding carboxylic acids is 1. The second-order valence-corrected chi connectivity index (χ2v) is 7.72. The minimum absolute atomic E-state index is 0. The lowest BCUT2D eigenvalue weighted by molar-refractivity contribution is -0.127. The summed E-state index contributed by atoms with van der Waals surface area (Å²) >= 11 is 0. The summed E-state index contributed by atoms with van der Waals surface area (Å²) in [4.78, 5) is 20.5. The van der Waals surface area contributed by atoms with Gasteiger partial charge >= 0.3 is 0 Å². The SMILES string of the molecule is CC(CCNC(=NCC(=O)N(C)C)NCC1CCOC1)N1CCCCC1.I. The predicted octanol–water partition coefficient (Wildman–Crippen LogP) is 1.53. The van der Waals surface area contributed by atoms with Gasteiger partial charge in [-0.1, -0.05) is 6.42 Å². The van der Waals surface area contributed by atoms with Crippen LogP contribution in [0.1, 0.15) is 39.0 Å². The van der Waals surface area contributed by atoms with Crippen LogP contribution in [0.4, 0.5) is 0 Å². The zero-order chi connectivity index (χ0) is 18.8. The lowest BCUT2D eigenvalue weighted by Crippen LogP contribution is -2.43. The van der Waals surface area contributed by atoms with Crippen molar-refractivity contribution in [2.45, 2.75) is 45.1 Å². The van der Waals surface area contributed by atoms with Crippen molar-refractivity contribution in [1.82, 2.24) is 20.4 Å². The smallest absolute Gasteiger partial charge is 0.243 e. The van der Waals surface area contributed by atoms with Crippen LogP contribution in [0.5, 0.6) is 0 Å². The Morgan fingerprint density at radius 1 is 1.26 bits per heavy atom. The molecule has 0 spiro atoms. The molecule has 27 heavy (non-hydrogen) atoms. The van der Waals surface area contributed by atoms with Gasteiger partial charge < -0.3 is 25.2 Å². The first-order valence-electron chi connectivity index (χ1n) is 10.1. The van der Waals surface area contributed by atoms with Crippen molar-refractivity contribution >= 4 is 35.8 Å². The standard InChI is InChI=1S/C19H37N5O2.HI/c1-16(24-10-5-4-6-11-24)7-9-20-19(22-14-18(25)23(2)3)21-13-17-8-12-26-15-17;/h16-17H,4-15H2,1-3H3,(H2,20,21,22);1H. The second-order valence-electron chi connectivity index (χ2n) is 7.72. The summed E-state index contributed by atoms with van der Waals surface area (Å²) in [6, 6.07) is 0.579. The molecule has 0 aromatic rings. The Kier molecular flexibility index (Phi) is 12.3. The highest BCUT2D eigenvalue weighted by Crippen LogP contribution is 2.13. The number of halogens is 1. The van der Waals surface area contributed by atoms with E-state index in [1.807, 2.05) is 0 Å². The largest absolute Gasteiger partial charge is 0.381 e. The maximum absolute atomic E-state index is 11.8. The van der Waals surface area contributed by atoms with Gasteiger partial charge in [0.25, 0.3) is 0 Å². The van der Waals surface area contributed by atoms with E-state index in [4.69, 9.17) is 4.74 Å². The van der Waals surface area contributed by atoms with Crippen LogP contribution >= 0.6 is 24.0 Å². The molecular weight excluding hydrogens is 457 g/mol. The molecule has 2 saturated heterocycles. The van der Waals surface area contributed by atoms with Crippen LogP contribution in [0.15, 0.2) is 4.99 Å². The lowest BCUT2D eigenvalue weighted by Gasteiger charge is -2.32. The van der Waals surface area contributed by atoms with Gasteiger partial charge in [0.05, 0.1) is 6.61 Å². The van der Waals surface area contributed by atoms with Gasteiger partial charge in [-0.05, 0) is 45.7 Å². The molecule has 1 amide bonds. The van der Waals surface area contributed by atoms with Crippen LogP contribution in [0.25, 0.3) is 0 Å². The molecule has 2 N–H and O–H groups in total. The molecule has 0 radical (unpaired) electrons. The fourth-order valence-electron chi connectivity index (χ4n) is 3.39. The van der Waals surface area contributed by atoms with Crippen molar-refractivity contribution in [2.24, 2.45) is 10.9 Å². The van der Waals surface area contributed by atoms with E-state index in [0.717, 1.165) is 45.1 Å². The number of hydrogen-bond donors (Lipinski definition) is 2. The molecule has 0 aromatic carbocycles. The maximum Gasteiger partial charge on any atom is 0.243 e. The summed E-state index contributed by atoms with van der Waals surface area (Å²) in [7, 11) is 3.52. The fraction of sp³-hybridized carbons (Fsp3) is 0.895. The van der Waals surface area contributed by atoms with Crippen LogP contribution in [-0.4, -0.2) is 87.7 Å². The summed E-state index contributed by atoms with van der Waals surface area (Å²) < 4.78 is 5.43. The highest BCUT2D eigenvalue weighted by atomic mass is 127. The second kappa shape index (κ2) is 13.5. The van der Waals surface area contributed by atoms with Gasteiger partial charge in [0.2, 0.25) is 5.91 Å². The van der Waals surface area contributed by atoms with E-state index < -0.39 is 0 Å². The number of nitrogens with one attached hydrogen (secondary N) is 2. The van der Waals surface area contributed by atoms with Crippen molar-refractivity contribution in [3.63, 3.8) is 0 Å². The predicted molar refractivity (Wildman–Crippen MR) is 121 cm³/mol. The zero-order valence-electron chi connectivity index (χ0n) is 17.2. The number of piperidine rings is 1. The van der Waals surface area contributed by atoms with E-state index in [1.54, 1.807) is 19.0 Å². The van der Waals surface area contributed by atoms with Gasteiger partial charge in [-0.15, -0.1) is 24.0 Å². The summed E-state index contributed by atoms with van der Waals surface area (Å²) in [5.74, 6) is 1.27. The van der Waals surface area contributed by atoms with Crippen molar-refractivity contribution < 1.29 is 9.53 Å². The third-order valence-corrected chi connectivity index (χ3v) is 5.32. The molecule has 2 aliphatic rings. The number of ether oxygens (including phenoxy) is 1. The van der Waals surface area contributed by atoms with Crippen LogP contribution in [0, 0.1) is 5.92 Å². The molecule has 0 aliphatic carbocycles. The number of rotatable bonds is 8. The third kappa shape index (κ3) is 9.43. The molecule has 2 atom stereocenters. The van der Waals surface area contributed by atoms with Crippen LogP contribution in [-0.2, 0) is 9.53 Å². The van der Waals surface area contributed by atoms with Crippen molar-refractivity contribution in [2.75, 3.05) is 60.0 Å². The molecule has 2 rings (SSSR count). The Morgan fingerprint density at radius 2 is 2.00 bits per heavy atom. The number of likely N-dealkylation sites (tertiary alicyclic amines) is 1. The number of hydrogen-bond acceptors (Lipinski definition) is 4. The fourth-order valence-corrected chi connectivity index (χ4v) is 3.39. The summed E-state index contributed by atoms with van der Waals surface area (Å²) in [6.45, 7) is 8.28. The molecule has 0 bridgehead atoms. The first-order chi connectivity index (χ1) is 12.6. The Balaban J connectivity index is 0.00000364. The number of carbonyl (C=O) groups is 1. The van der Waals surface area contributed by atoms with E-state index >= 15 is 0 Å². The van der Waals surface area contributed by atoms with Gasteiger partial charge in [-0.25, -0.2) is 4.99 Å². The average Bonchev–Trinajstić information content (AvgIpc) is 3.17. The Morgan fingerprint density at radius 3 is 2.63 bits per heavy atom. The highest BCUT2D eigenvalue weighted by Gasteiger charge is 2.18. The van der Waals surface area contributed by atoms with Crippen LogP contribution in [0.3, 0.4) is 0 Å². The van der Waals surface area contributed by atoms with E-state index in [0.29, 0.717) is 12.0 Å². The molecule has 2 unspecified atom stereocenters. The van der Waals surface area contributed by atoms with Gasteiger partial charge in [0, 0.05) is 45.8 Å². The summed E-state index contributed by atoms with van der Waals surface area (Å²) in [6.07, 6.45) is 6.18. The molecule has 8 heteroatoms. The third-order valence-electron chi connectivity index (χ3n) is 5.32. The number of nitrogens with zero attached hydrogens (tertiary/aromatic N) is 3. The molecular formula is C19H38IN5O2. The maximum atomic E-state index is 11.8. The lowest BCUT2D eigenvalue weighted by atomic mass is 10.1. The van der Waals surface area contributed by atoms with Gasteiger partial charge in [0.15, 0.2) is 5.96 Å². The Bertz CT molecular complexity index is 449. The first-order valence-corrected chi connectivity index (χ1v) is 10.1. The van der Waals surface area contributed by atoms with E-state index in [1.165, 1.54) is 32.4 Å². The Labute approximate surface area is 181 Å². The Hall–Kier alpha value is -0.610. The number of aliphatic imine (C=N–C) groups is 1.